The van der Waals surface area contributed by atoms with Gasteiger partial charge in [-0.2, -0.15) is 0 Å². The van der Waals surface area contributed by atoms with Gasteiger partial charge in [-0.1, -0.05) is 11.8 Å². The summed E-state index contributed by atoms with van der Waals surface area (Å²) in [5.74, 6) is -1.73. The van der Waals surface area contributed by atoms with Crippen molar-refractivity contribution in [2.45, 2.75) is 25.5 Å². The predicted molar refractivity (Wildman–Crippen MR) is 57.6 cm³/mol. The molecule has 1 aromatic heterocycles. The van der Waals surface area contributed by atoms with Crippen molar-refractivity contribution in [3.05, 3.63) is 0 Å². The molecule has 0 saturated carbocycles. The fraction of sp³-hybridized carbons (Fsp3) is 0.625. The molecule has 0 saturated heterocycles. The van der Waals surface area contributed by atoms with Gasteiger partial charge in [0.1, 0.15) is 6.54 Å². The van der Waals surface area contributed by atoms with Gasteiger partial charge in [0.25, 0.3) is 0 Å². The summed E-state index contributed by atoms with van der Waals surface area (Å²) in [5, 5.41) is 28.3. The number of carbonyl (C=O) groups is 2. The molecule has 0 aliphatic rings. The average molecular weight is 260 g/mol. The van der Waals surface area contributed by atoms with E-state index in [2.05, 4.69) is 15.5 Å². The number of thioether (sulfide) groups is 1. The number of tetrazole rings is 1. The third kappa shape index (κ3) is 3.70. The summed E-state index contributed by atoms with van der Waals surface area (Å²) in [6.07, 6.45) is 0. The monoisotopic (exact) mass is 260 g/mol. The summed E-state index contributed by atoms with van der Waals surface area (Å²) in [5.41, 5.74) is -0.926. The Morgan fingerprint density at radius 3 is 2.59 bits per heavy atom. The molecule has 1 aromatic rings. The summed E-state index contributed by atoms with van der Waals surface area (Å²) < 4.78 is 1.12. The van der Waals surface area contributed by atoms with E-state index >= 15 is 0 Å². The van der Waals surface area contributed by atoms with Crippen LogP contribution in [-0.4, -0.2) is 48.1 Å². The highest BCUT2D eigenvalue weighted by atomic mass is 32.2. The number of carboxylic acids is 2. The Labute approximate surface area is 101 Å². The van der Waals surface area contributed by atoms with Crippen molar-refractivity contribution < 1.29 is 19.8 Å². The summed E-state index contributed by atoms with van der Waals surface area (Å²) in [6.45, 7) is 2.81. The van der Waals surface area contributed by atoms with Crippen molar-refractivity contribution in [3.63, 3.8) is 0 Å². The van der Waals surface area contributed by atoms with Crippen LogP contribution in [0.1, 0.15) is 13.8 Å². The minimum atomic E-state index is -1.06. The van der Waals surface area contributed by atoms with E-state index in [4.69, 9.17) is 10.2 Å². The van der Waals surface area contributed by atoms with Gasteiger partial charge < -0.3 is 10.2 Å². The summed E-state index contributed by atoms with van der Waals surface area (Å²) >= 11 is 1.11. The summed E-state index contributed by atoms with van der Waals surface area (Å²) in [4.78, 5) is 21.4. The fourth-order valence-corrected chi connectivity index (χ4v) is 1.79. The van der Waals surface area contributed by atoms with Crippen LogP contribution in [0.5, 0.6) is 0 Å². The first-order valence-electron chi connectivity index (χ1n) is 4.67. The van der Waals surface area contributed by atoms with E-state index in [1.165, 1.54) is 0 Å². The van der Waals surface area contributed by atoms with Crippen molar-refractivity contribution >= 4 is 23.7 Å². The molecule has 9 heteroatoms. The number of nitrogens with zero attached hydrogens (tertiary/aromatic N) is 4. The maximum Gasteiger partial charge on any atom is 0.325 e. The van der Waals surface area contributed by atoms with Gasteiger partial charge in [-0.05, 0) is 24.3 Å². The van der Waals surface area contributed by atoms with Gasteiger partial charge in [0.05, 0.1) is 5.41 Å². The van der Waals surface area contributed by atoms with Gasteiger partial charge in [0, 0.05) is 5.75 Å². The molecule has 2 N–H and O–H groups in total. The molecule has 1 heterocycles. The quantitative estimate of drug-likeness (QED) is 0.684. The lowest BCUT2D eigenvalue weighted by Crippen LogP contribution is -2.26. The van der Waals surface area contributed by atoms with Crippen LogP contribution in [-0.2, 0) is 16.1 Å². The van der Waals surface area contributed by atoms with Crippen LogP contribution < -0.4 is 0 Å². The maximum atomic E-state index is 10.9. The average Bonchev–Trinajstić information content (AvgIpc) is 2.61. The minimum Gasteiger partial charge on any atom is -0.481 e. The van der Waals surface area contributed by atoms with Crippen LogP contribution in [0.25, 0.3) is 0 Å². The number of rotatable bonds is 6. The van der Waals surface area contributed by atoms with Gasteiger partial charge in [-0.3, -0.25) is 9.59 Å². The second kappa shape index (κ2) is 5.13. The zero-order valence-corrected chi connectivity index (χ0v) is 10.1. The van der Waals surface area contributed by atoms with Crippen LogP contribution in [0.15, 0.2) is 5.16 Å². The van der Waals surface area contributed by atoms with Crippen molar-refractivity contribution in [2.24, 2.45) is 5.41 Å². The largest absolute Gasteiger partial charge is 0.481 e. The molecule has 0 fully saturated rings. The van der Waals surface area contributed by atoms with Crippen LogP contribution in [0.2, 0.25) is 0 Å². The Morgan fingerprint density at radius 2 is 2.06 bits per heavy atom. The molecule has 0 unspecified atom stereocenters. The number of aromatic nitrogens is 4. The molecule has 94 valence electrons. The second-order valence-electron chi connectivity index (χ2n) is 3.99. The van der Waals surface area contributed by atoms with E-state index < -0.39 is 17.4 Å². The molecular weight excluding hydrogens is 248 g/mol. The molecule has 0 bridgehead atoms. The van der Waals surface area contributed by atoms with Crippen LogP contribution in [0.4, 0.5) is 0 Å². The highest BCUT2D eigenvalue weighted by molar-refractivity contribution is 7.99. The smallest absolute Gasteiger partial charge is 0.325 e. The van der Waals surface area contributed by atoms with Crippen molar-refractivity contribution in [2.75, 3.05) is 5.75 Å². The Morgan fingerprint density at radius 1 is 1.41 bits per heavy atom. The van der Waals surface area contributed by atoms with E-state index in [1.54, 1.807) is 13.8 Å². The van der Waals surface area contributed by atoms with E-state index in [0.29, 0.717) is 5.16 Å². The number of carboxylic acid groups (broad SMARTS) is 2. The molecule has 0 amide bonds. The molecule has 0 aliphatic heterocycles. The first kappa shape index (κ1) is 13.4. The third-order valence-corrected chi connectivity index (χ3v) is 3.34. The molecule has 0 aliphatic carbocycles. The zero-order chi connectivity index (χ0) is 13.1. The molecule has 0 atom stereocenters. The number of hydrogen-bond acceptors (Lipinski definition) is 6. The molecule has 1 rings (SSSR count). The van der Waals surface area contributed by atoms with E-state index in [1.807, 2.05) is 0 Å². The predicted octanol–water partition coefficient (Wildman–Crippen LogP) is -0.0394. The molecular formula is C8H12N4O4S. The lowest BCUT2D eigenvalue weighted by molar-refractivity contribution is -0.145. The third-order valence-electron chi connectivity index (χ3n) is 1.93. The van der Waals surface area contributed by atoms with Crippen LogP contribution in [0.3, 0.4) is 0 Å². The topological polar surface area (TPSA) is 118 Å². The first-order chi connectivity index (χ1) is 7.83. The van der Waals surface area contributed by atoms with Crippen molar-refractivity contribution in [3.8, 4) is 0 Å². The van der Waals surface area contributed by atoms with Crippen LogP contribution >= 0.6 is 11.8 Å². The summed E-state index contributed by atoms with van der Waals surface area (Å²) in [6, 6.07) is 0. The SMILES string of the molecule is CC(C)(CSc1nnnn1CC(=O)O)C(=O)O. The Kier molecular flexibility index (Phi) is 4.05. The maximum absolute atomic E-state index is 10.9. The highest BCUT2D eigenvalue weighted by Gasteiger charge is 2.28. The Bertz CT molecular complexity index is 431. The standard InChI is InChI=1S/C8H12N4O4S/c1-8(2,6(15)16)4-17-7-9-10-11-12(7)3-5(13)14/h3-4H2,1-2H3,(H,13,14)(H,15,16). The van der Waals surface area contributed by atoms with Gasteiger partial charge in [-0.15, -0.1) is 5.10 Å². The van der Waals surface area contributed by atoms with Gasteiger partial charge in [0.15, 0.2) is 0 Å². The summed E-state index contributed by atoms with van der Waals surface area (Å²) in [7, 11) is 0. The number of hydrogen-bond donors (Lipinski definition) is 2. The Balaban J connectivity index is 2.67. The van der Waals surface area contributed by atoms with Crippen LogP contribution in [0, 0.1) is 5.41 Å². The lowest BCUT2D eigenvalue weighted by atomic mass is 9.97. The molecule has 17 heavy (non-hydrogen) atoms. The van der Waals surface area contributed by atoms with Crippen molar-refractivity contribution in [1.29, 1.82) is 0 Å². The molecule has 8 nitrogen and oxygen atoms in total. The van der Waals surface area contributed by atoms with E-state index in [-0.39, 0.29) is 12.3 Å². The van der Waals surface area contributed by atoms with Gasteiger partial charge >= 0.3 is 11.9 Å². The van der Waals surface area contributed by atoms with E-state index in [9.17, 15) is 9.59 Å². The molecule has 0 radical (unpaired) electrons. The normalized spacial score (nSPS) is 11.4. The zero-order valence-electron chi connectivity index (χ0n) is 9.32. The highest BCUT2D eigenvalue weighted by Crippen LogP contribution is 2.26. The Hall–Kier alpha value is -1.64. The van der Waals surface area contributed by atoms with Gasteiger partial charge in [-0.25, -0.2) is 4.68 Å². The van der Waals surface area contributed by atoms with E-state index in [0.717, 1.165) is 16.4 Å². The number of aliphatic carboxylic acids is 2. The van der Waals surface area contributed by atoms with Crippen molar-refractivity contribution in [1.82, 2.24) is 20.2 Å². The fourth-order valence-electron chi connectivity index (χ4n) is 0.834. The molecule has 0 spiro atoms. The second-order valence-corrected chi connectivity index (χ2v) is 4.93. The van der Waals surface area contributed by atoms with Gasteiger partial charge in [0.2, 0.25) is 5.16 Å². The molecule has 0 aromatic carbocycles. The lowest BCUT2D eigenvalue weighted by Gasteiger charge is -2.17. The first-order valence-corrected chi connectivity index (χ1v) is 5.65. The minimum absolute atomic E-state index is 0.252.